The number of para-hydroxylation sites is 1. The molecule has 0 saturated carbocycles. The van der Waals surface area contributed by atoms with E-state index in [1.165, 1.54) is 4.90 Å². The lowest BCUT2D eigenvalue weighted by molar-refractivity contribution is -0.123. The molecule has 164 valence electrons. The van der Waals surface area contributed by atoms with Crippen LogP contribution in [-0.2, 0) is 14.4 Å². The van der Waals surface area contributed by atoms with Crippen molar-refractivity contribution in [1.82, 2.24) is 4.90 Å². The number of primary amides is 1. The van der Waals surface area contributed by atoms with Gasteiger partial charge in [0.1, 0.15) is 0 Å². The van der Waals surface area contributed by atoms with Gasteiger partial charge in [-0.15, -0.1) is 0 Å². The van der Waals surface area contributed by atoms with Gasteiger partial charge in [0.2, 0.25) is 17.7 Å². The normalized spacial score (nSPS) is 16.1. The van der Waals surface area contributed by atoms with Crippen LogP contribution in [0, 0.1) is 0 Å². The van der Waals surface area contributed by atoms with Crippen LogP contribution in [-0.4, -0.2) is 48.3 Å². The molecule has 2 aromatic rings. The van der Waals surface area contributed by atoms with Gasteiger partial charge in [-0.05, 0) is 49.7 Å². The molecule has 0 bridgehead atoms. The monoisotopic (exact) mass is 462 g/mol. The zero-order valence-electron chi connectivity index (χ0n) is 16.9. The van der Waals surface area contributed by atoms with Crippen molar-refractivity contribution in [3.63, 3.8) is 0 Å². The number of halogens is 2. The van der Waals surface area contributed by atoms with Crippen molar-refractivity contribution in [2.75, 3.05) is 29.9 Å². The van der Waals surface area contributed by atoms with Gasteiger partial charge < -0.3 is 16.0 Å². The van der Waals surface area contributed by atoms with Gasteiger partial charge >= 0.3 is 0 Å². The van der Waals surface area contributed by atoms with Crippen molar-refractivity contribution in [1.29, 1.82) is 0 Å². The molecule has 3 amide bonds. The van der Waals surface area contributed by atoms with Gasteiger partial charge in [0.05, 0.1) is 23.3 Å². The first-order valence-corrected chi connectivity index (χ1v) is 10.7. The Morgan fingerprint density at radius 2 is 1.87 bits per heavy atom. The molecule has 1 unspecified atom stereocenters. The highest BCUT2D eigenvalue weighted by Crippen LogP contribution is 2.27. The van der Waals surface area contributed by atoms with E-state index in [0.717, 1.165) is 6.42 Å². The summed E-state index contributed by atoms with van der Waals surface area (Å²) < 4.78 is 0. The van der Waals surface area contributed by atoms with Crippen molar-refractivity contribution in [3.8, 4) is 0 Å². The molecule has 3 rings (SSSR count). The summed E-state index contributed by atoms with van der Waals surface area (Å²) in [5, 5.41) is 3.67. The van der Waals surface area contributed by atoms with Gasteiger partial charge in [-0.2, -0.15) is 0 Å². The zero-order valence-corrected chi connectivity index (χ0v) is 18.4. The lowest BCUT2D eigenvalue weighted by Gasteiger charge is -2.28. The van der Waals surface area contributed by atoms with Gasteiger partial charge in [-0.1, -0.05) is 41.4 Å². The molecule has 1 aliphatic rings. The van der Waals surface area contributed by atoms with Crippen LogP contribution < -0.4 is 16.0 Å². The summed E-state index contributed by atoms with van der Waals surface area (Å²) in [6.07, 6.45) is 1.48. The summed E-state index contributed by atoms with van der Waals surface area (Å²) in [6.45, 7) is 0.849. The largest absolute Gasteiger partial charge is 0.370 e. The van der Waals surface area contributed by atoms with E-state index in [4.69, 9.17) is 28.9 Å². The van der Waals surface area contributed by atoms with Crippen LogP contribution in [0.1, 0.15) is 19.3 Å². The fourth-order valence-electron chi connectivity index (χ4n) is 3.61. The maximum atomic E-state index is 13.1. The van der Waals surface area contributed by atoms with Crippen LogP contribution in [0.3, 0.4) is 0 Å². The maximum absolute atomic E-state index is 13.1. The first-order chi connectivity index (χ1) is 14.8. The Morgan fingerprint density at radius 3 is 2.58 bits per heavy atom. The number of amides is 3. The second-order valence-corrected chi connectivity index (χ2v) is 8.18. The predicted octanol–water partition coefficient (Wildman–Crippen LogP) is 3.30. The number of nitrogens with zero attached hydrogens (tertiary/aromatic N) is 2. The number of anilines is 2. The Labute approximate surface area is 191 Å². The summed E-state index contributed by atoms with van der Waals surface area (Å²) in [4.78, 5) is 40.6. The number of carbonyl (C=O) groups is 3. The molecular weight excluding hydrogens is 439 g/mol. The molecule has 1 saturated heterocycles. The number of nitrogens with one attached hydrogen (secondary N) is 1. The standard InChI is InChI=1S/C22H24Cl2N4O3/c23-15-8-9-17(24)18(13-15)26-22(31)19-7-4-11-27(19)14-21(30)28(12-10-20(25)29)16-5-2-1-3-6-16/h1-3,5-6,8-9,13,19H,4,7,10-12,14H2,(H2,25,29)(H,26,31). The zero-order chi connectivity index (χ0) is 22.4. The molecule has 1 heterocycles. The van der Waals surface area contributed by atoms with Gasteiger partial charge in [0, 0.05) is 23.7 Å². The summed E-state index contributed by atoms with van der Waals surface area (Å²) in [6, 6.07) is 13.5. The smallest absolute Gasteiger partial charge is 0.241 e. The fraction of sp³-hybridized carbons (Fsp3) is 0.318. The molecule has 0 spiro atoms. The van der Waals surface area contributed by atoms with Crippen molar-refractivity contribution in [2.24, 2.45) is 5.73 Å². The molecule has 3 N–H and O–H groups in total. The van der Waals surface area contributed by atoms with E-state index in [-0.39, 0.29) is 31.3 Å². The van der Waals surface area contributed by atoms with Gasteiger partial charge in [0.25, 0.3) is 0 Å². The topological polar surface area (TPSA) is 95.7 Å². The SMILES string of the molecule is NC(=O)CCN(C(=O)CN1CCCC1C(=O)Nc1cc(Cl)ccc1Cl)c1ccccc1. The minimum absolute atomic E-state index is 0.0506. The molecule has 1 atom stereocenters. The van der Waals surface area contributed by atoms with Crippen LogP contribution in [0.15, 0.2) is 48.5 Å². The highest BCUT2D eigenvalue weighted by molar-refractivity contribution is 6.35. The van der Waals surface area contributed by atoms with Crippen molar-refractivity contribution < 1.29 is 14.4 Å². The van der Waals surface area contributed by atoms with Gasteiger partial charge in [-0.3, -0.25) is 19.3 Å². The molecule has 7 nitrogen and oxygen atoms in total. The lowest BCUT2D eigenvalue weighted by Crippen LogP contribution is -2.46. The minimum Gasteiger partial charge on any atom is -0.370 e. The van der Waals surface area contributed by atoms with Crippen molar-refractivity contribution in [2.45, 2.75) is 25.3 Å². The minimum atomic E-state index is -0.481. The third kappa shape index (κ3) is 6.19. The second-order valence-electron chi connectivity index (χ2n) is 7.34. The third-order valence-corrected chi connectivity index (χ3v) is 5.71. The predicted molar refractivity (Wildman–Crippen MR) is 122 cm³/mol. The molecule has 1 fully saturated rings. The van der Waals surface area contributed by atoms with Crippen LogP contribution in [0.25, 0.3) is 0 Å². The van der Waals surface area contributed by atoms with Crippen molar-refractivity contribution in [3.05, 3.63) is 58.6 Å². The summed E-state index contributed by atoms with van der Waals surface area (Å²) in [7, 11) is 0. The highest BCUT2D eigenvalue weighted by Gasteiger charge is 2.33. The van der Waals surface area contributed by atoms with Gasteiger partial charge in [-0.25, -0.2) is 0 Å². The summed E-state index contributed by atoms with van der Waals surface area (Å²) >= 11 is 12.2. The average molecular weight is 463 g/mol. The van der Waals surface area contributed by atoms with Crippen LogP contribution in [0.2, 0.25) is 10.0 Å². The Hall–Kier alpha value is -2.61. The Bertz CT molecular complexity index is 955. The molecular formula is C22H24Cl2N4O3. The first-order valence-electron chi connectivity index (χ1n) is 9.99. The maximum Gasteiger partial charge on any atom is 0.241 e. The van der Waals surface area contributed by atoms with E-state index in [1.807, 2.05) is 23.1 Å². The van der Waals surface area contributed by atoms with Crippen LogP contribution >= 0.6 is 23.2 Å². The van der Waals surface area contributed by atoms with E-state index in [9.17, 15) is 14.4 Å². The van der Waals surface area contributed by atoms with E-state index in [1.54, 1.807) is 30.3 Å². The van der Waals surface area contributed by atoms with Crippen LogP contribution in [0.4, 0.5) is 11.4 Å². The highest BCUT2D eigenvalue weighted by atomic mass is 35.5. The molecule has 0 aliphatic carbocycles. The molecule has 2 aromatic carbocycles. The number of rotatable bonds is 8. The van der Waals surface area contributed by atoms with E-state index in [0.29, 0.717) is 34.4 Å². The number of hydrogen-bond donors (Lipinski definition) is 2. The second kappa shape index (κ2) is 10.6. The number of nitrogens with two attached hydrogens (primary N) is 1. The number of likely N-dealkylation sites (tertiary alicyclic amines) is 1. The Kier molecular flexibility index (Phi) is 7.90. The van der Waals surface area contributed by atoms with Crippen LogP contribution in [0.5, 0.6) is 0 Å². The van der Waals surface area contributed by atoms with Crippen molar-refractivity contribution >= 4 is 52.3 Å². The fourth-order valence-corrected chi connectivity index (χ4v) is 3.95. The number of hydrogen-bond acceptors (Lipinski definition) is 4. The number of carbonyl (C=O) groups excluding carboxylic acids is 3. The molecule has 9 heteroatoms. The summed E-state index contributed by atoms with van der Waals surface area (Å²) in [5.74, 6) is -0.920. The van der Waals surface area contributed by atoms with E-state index < -0.39 is 11.9 Å². The first kappa shape index (κ1) is 23.1. The lowest BCUT2D eigenvalue weighted by atomic mass is 10.2. The van der Waals surface area contributed by atoms with E-state index in [2.05, 4.69) is 5.32 Å². The molecule has 1 aliphatic heterocycles. The van der Waals surface area contributed by atoms with E-state index >= 15 is 0 Å². The Morgan fingerprint density at radius 1 is 1.13 bits per heavy atom. The molecule has 0 aromatic heterocycles. The number of benzene rings is 2. The summed E-state index contributed by atoms with van der Waals surface area (Å²) in [5.41, 5.74) is 6.40. The molecule has 31 heavy (non-hydrogen) atoms. The average Bonchev–Trinajstić information content (AvgIpc) is 3.19. The third-order valence-electron chi connectivity index (χ3n) is 5.14. The van der Waals surface area contributed by atoms with Gasteiger partial charge in [0.15, 0.2) is 0 Å². The molecule has 0 radical (unpaired) electrons. The Balaban J connectivity index is 1.70. The quantitative estimate of drug-likeness (QED) is 0.628.